The third-order valence-corrected chi connectivity index (χ3v) is 4.04. The number of hydrogen-bond donors (Lipinski definition) is 1. The molecule has 1 heterocycles. The van der Waals surface area contributed by atoms with E-state index in [1.54, 1.807) is 12.1 Å². The second kappa shape index (κ2) is 9.15. The summed E-state index contributed by atoms with van der Waals surface area (Å²) in [6.45, 7) is 5.93. The lowest BCUT2D eigenvalue weighted by Crippen LogP contribution is -2.39. The zero-order valence-electron chi connectivity index (χ0n) is 15.5. The number of guanidine groups is 1. The number of nitrogens with zero attached hydrogens (tertiary/aromatic N) is 5. The molecule has 7 heteroatoms. The Balaban J connectivity index is 2.10. The summed E-state index contributed by atoms with van der Waals surface area (Å²) in [7, 11) is 3.88. The maximum Gasteiger partial charge on any atom is 0.194 e. The van der Waals surface area contributed by atoms with Crippen LogP contribution in [0.1, 0.15) is 37.0 Å². The van der Waals surface area contributed by atoms with Crippen molar-refractivity contribution in [1.29, 1.82) is 0 Å². The lowest BCUT2D eigenvalue weighted by molar-refractivity contribution is 0.470. The van der Waals surface area contributed by atoms with Gasteiger partial charge in [-0.15, -0.1) is 10.2 Å². The Bertz CT molecular complexity index is 709. The van der Waals surface area contributed by atoms with Crippen LogP contribution >= 0.6 is 0 Å². The highest BCUT2D eigenvalue weighted by Crippen LogP contribution is 2.07. The van der Waals surface area contributed by atoms with Crippen molar-refractivity contribution in [2.75, 3.05) is 13.6 Å². The fourth-order valence-electron chi connectivity index (χ4n) is 2.41. The van der Waals surface area contributed by atoms with Crippen LogP contribution in [-0.2, 0) is 20.1 Å². The first kappa shape index (κ1) is 18.9. The molecule has 136 valence electrons. The molecule has 0 radical (unpaired) electrons. The number of rotatable bonds is 7. The minimum absolute atomic E-state index is 0.224. The van der Waals surface area contributed by atoms with Gasteiger partial charge in [-0.05, 0) is 31.0 Å². The van der Waals surface area contributed by atoms with Crippen molar-refractivity contribution in [2.24, 2.45) is 12.0 Å². The molecule has 0 aliphatic rings. The summed E-state index contributed by atoms with van der Waals surface area (Å²) in [5.74, 6) is 2.22. The third kappa shape index (κ3) is 5.55. The molecule has 6 nitrogen and oxygen atoms in total. The molecule has 0 spiro atoms. The maximum absolute atomic E-state index is 13.4. The van der Waals surface area contributed by atoms with Crippen LogP contribution < -0.4 is 5.32 Å². The first-order valence-corrected chi connectivity index (χ1v) is 8.60. The van der Waals surface area contributed by atoms with Gasteiger partial charge in [-0.3, -0.25) is 0 Å². The van der Waals surface area contributed by atoms with E-state index in [2.05, 4.69) is 27.4 Å². The van der Waals surface area contributed by atoms with Crippen molar-refractivity contribution >= 4 is 5.96 Å². The molecule has 1 aromatic carbocycles. The fourth-order valence-corrected chi connectivity index (χ4v) is 2.41. The van der Waals surface area contributed by atoms with Crippen LogP contribution in [0, 0.1) is 12.7 Å². The summed E-state index contributed by atoms with van der Waals surface area (Å²) in [6, 6.07) is 6.64. The number of aryl methyl sites for hydroxylation is 1. The number of unbranched alkanes of at least 4 members (excludes halogenated alkanes) is 1. The molecule has 0 saturated carbocycles. The van der Waals surface area contributed by atoms with Gasteiger partial charge >= 0.3 is 0 Å². The van der Waals surface area contributed by atoms with Gasteiger partial charge in [0.05, 0.1) is 0 Å². The van der Waals surface area contributed by atoms with Crippen LogP contribution in [0.15, 0.2) is 29.3 Å². The number of hydrogen-bond acceptors (Lipinski definition) is 3. The van der Waals surface area contributed by atoms with Gasteiger partial charge < -0.3 is 14.8 Å². The molecule has 0 aliphatic carbocycles. The SMILES string of the molecule is CCCCNC(=NCc1nnc(C)n1C)N(C)Cc1cccc(F)c1. The first-order chi connectivity index (χ1) is 12.0. The summed E-state index contributed by atoms with van der Waals surface area (Å²) in [4.78, 5) is 6.67. The quantitative estimate of drug-likeness (QED) is 0.476. The van der Waals surface area contributed by atoms with Crippen LogP contribution in [0.2, 0.25) is 0 Å². The second-order valence-corrected chi connectivity index (χ2v) is 6.13. The molecule has 1 N–H and O–H groups in total. The molecule has 2 aromatic rings. The molecule has 0 atom stereocenters. The van der Waals surface area contributed by atoms with Crippen molar-refractivity contribution < 1.29 is 4.39 Å². The van der Waals surface area contributed by atoms with Gasteiger partial charge in [-0.1, -0.05) is 25.5 Å². The molecular formula is C18H27FN6. The largest absolute Gasteiger partial charge is 0.356 e. The number of aromatic nitrogens is 3. The van der Waals surface area contributed by atoms with E-state index < -0.39 is 0 Å². The molecule has 2 rings (SSSR count). The van der Waals surface area contributed by atoms with Gasteiger partial charge in [0.25, 0.3) is 0 Å². The van der Waals surface area contributed by atoms with Gasteiger partial charge in [0.1, 0.15) is 18.2 Å². The molecule has 1 aromatic heterocycles. The van der Waals surface area contributed by atoms with E-state index in [0.717, 1.165) is 42.6 Å². The number of halogens is 1. The summed E-state index contributed by atoms with van der Waals surface area (Å²) in [6.07, 6.45) is 2.17. The van der Waals surface area contributed by atoms with Gasteiger partial charge in [0.15, 0.2) is 11.8 Å². The van der Waals surface area contributed by atoms with Crippen molar-refractivity contribution in [3.63, 3.8) is 0 Å². The molecule has 0 saturated heterocycles. The van der Waals surface area contributed by atoms with E-state index in [0.29, 0.717) is 13.1 Å². The van der Waals surface area contributed by atoms with Crippen molar-refractivity contribution in [2.45, 2.75) is 39.8 Å². The predicted octanol–water partition coefficient (Wildman–Crippen LogP) is 2.64. The average molecular weight is 346 g/mol. The summed E-state index contributed by atoms with van der Waals surface area (Å²) in [5, 5.41) is 11.6. The normalized spacial score (nSPS) is 11.6. The Morgan fingerprint density at radius 3 is 2.80 bits per heavy atom. The van der Waals surface area contributed by atoms with Gasteiger partial charge in [-0.25, -0.2) is 9.38 Å². The third-order valence-electron chi connectivity index (χ3n) is 4.04. The zero-order valence-corrected chi connectivity index (χ0v) is 15.5. The Kier molecular flexibility index (Phi) is 6.91. The van der Waals surface area contributed by atoms with Gasteiger partial charge in [0.2, 0.25) is 0 Å². The van der Waals surface area contributed by atoms with E-state index in [4.69, 9.17) is 0 Å². The van der Waals surface area contributed by atoms with E-state index >= 15 is 0 Å². The highest BCUT2D eigenvalue weighted by Gasteiger charge is 2.09. The Morgan fingerprint density at radius 2 is 2.16 bits per heavy atom. The fraction of sp³-hybridized carbons (Fsp3) is 0.500. The van der Waals surface area contributed by atoms with Crippen molar-refractivity contribution in [3.8, 4) is 0 Å². The van der Waals surface area contributed by atoms with Crippen LogP contribution in [0.25, 0.3) is 0 Å². The van der Waals surface area contributed by atoms with Crippen molar-refractivity contribution in [1.82, 2.24) is 25.0 Å². The topological polar surface area (TPSA) is 58.3 Å². The lowest BCUT2D eigenvalue weighted by Gasteiger charge is -2.22. The molecule has 0 unspecified atom stereocenters. The Morgan fingerprint density at radius 1 is 1.36 bits per heavy atom. The predicted molar refractivity (Wildman–Crippen MR) is 97.7 cm³/mol. The zero-order chi connectivity index (χ0) is 18.2. The van der Waals surface area contributed by atoms with E-state index in [9.17, 15) is 4.39 Å². The van der Waals surface area contributed by atoms with Crippen LogP contribution in [0.5, 0.6) is 0 Å². The van der Waals surface area contributed by atoms with Crippen molar-refractivity contribution in [3.05, 3.63) is 47.3 Å². The minimum atomic E-state index is -0.224. The Labute approximate surface area is 148 Å². The molecule has 25 heavy (non-hydrogen) atoms. The molecular weight excluding hydrogens is 319 g/mol. The van der Waals surface area contributed by atoms with Crippen LogP contribution in [0.4, 0.5) is 4.39 Å². The second-order valence-electron chi connectivity index (χ2n) is 6.13. The molecule has 0 amide bonds. The minimum Gasteiger partial charge on any atom is -0.356 e. The standard InChI is InChI=1S/C18H27FN6/c1-5-6-10-20-18(21-12-17-23-22-14(2)25(17)4)24(3)13-15-8-7-9-16(19)11-15/h7-9,11H,5-6,10,12-13H2,1-4H3,(H,20,21). The lowest BCUT2D eigenvalue weighted by atomic mass is 10.2. The Hall–Kier alpha value is -2.44. The number of benzene rings is 1. The van der Waals surface area contributed by atoms with E-state index in [1.807, 2.05) is 36.6 Å². The van der Waals surface area contributed by atoms with E-state index in [1.165, 1.54) is 6.07 Å². The first-order valence-electron chi connectivity index (χ1n) is 8.60. The van der Waals surface area contributed by atoms with Gasteiger partial charge in [0, 0.05) is 27.2 Å². The molecule has 0 bridgehead atoms. The van der Waals surface area contributed by atoms with Crippen LogP contribution in [-0.4, -0.2) is 39.2 Å². The number of nitrogens with one attached hydrogen (secondary N) is 1. The smallest absolute Gasteiger partial charge is 0.194 e. The summed E-state index contributed by atoms with van der Waals surface area (Å²) in [5.41, 5.74) is 0.905. The average Bonchev–Trinajstić information content (AvgIpc) is 2.90. The maximum atomic E-state index is 13.4. The molecule has 0 aliphatic heterocycles. The highest BCUT2D eigenvalue weighted by atomic mass is 19.1. The van der Waals surface area contributed by atoms with Crippen LogP contribution in [0.3, 0.4) is 0 Å². The number of aliphatic imine (C=N–C) groups is 1. The summed E-state index contributed by atoms with van der Waals surface area (Å²) < 4.78 is 15.3. The molecule has 0 fully saturated rings. The van der Waals surface area contributed by atoms with E-state index in [-0.39, 0.29) is 5.82 Å². The summed E-state index contributed by atoms with van der Waals surface area (Å²) >= 11 is 0. The highest BCUT2D eigenvalue weighted by molar-refractivity contribution is 5.79. The van der Waals surface area contributed by atoms with Gasteiger partial charge in [-0.2, -0.15) is 0 Å². The monoisotopic (exact) mass is 346 g/mol.